The van der Waals surface area contributed by atoms with Crippen molar-refractivity contribution in [3.63, 3.8) is 0 Å². The maximum atomic E-state index is 12.3. The third-order valence-corrected chi connectivity index (χ3v) is 6.25. The molecule has 1 aliphatic rings. The summed E-state index contributed by atoms with van der Waals surface area (Å²) in [7, 11) is 0. The number of amides is 1. The highest BCUT2D eigenvalue weighted by Crippen LogP contribution is 2.47. The van der Waals surface area contributed by atoms with Crippen molar-refractivity contribution in [2.75, 3.05) is 12.3 Å². The van der Waals surface area contributed by atoms with Gasteiger partial charge in [0.05, 0.1) is 11.3 Å². The van der Waals surface area contributed by atoms with E-state index in [1.54, 1.807) is 0 Å². The minimum atomic E-state index is -0.0150. The Morgan fingerprint density at radius 3 is 2.54 bits per heavy atom. The number of nitrogens with one attached hydrogen (secondary N) is 1. The summed E-state index contributed by atoms with van der Waals surface area (Å²) in [5.41, 5.74) is 4.87. The first-order chi connectivity index (χ1) is 12.5. The average Bonchev–Trinajstić information content (AvgIpc) is 3.45. The smallest absolute Gasteiger partial charge is 0.230 e. The summed E-state index contributed by atoms with van der Waals surface area (Å²) >= 11 is 1.34. The Balaban J connectivity index is 1.60. The Bertz CT molecular complexity index is 867. The summed E-state index contributed by atoms with van der Waals surface area (Å²) < 4.78 is 0. The van der Waals surface area contributed by atoms with Gasteiger partial charge in [-0.25, -0.2) is 4.98 Å². The molecule has 2 aromatic rings. The van der Waals surface area contributed by atoms with Crippen LogP contribution in [0.25, 0.3) is 0 Å². The molecule has 1 N–H and O–H groups in total. The molecule has 0 aliphatic heterocycles. The first-order valence-corrected chi connectivity index (χ1v) is 9.78. The zero-order chi connectivity index (χ0) is 18.7. The predicted octanol–water partition coefficient (Wildman–Crippen LogP) is 3.82. The van der Waals surface area contributed by atoms with E-state index in [2.05, 4.69) is 28.5 Å². The van der Waals surface area contributed by atoms with Crippen LogP contribution in [0.4, 0.5) is 0 Å². The highest BCUT2D eigenvalue weighted by atomic mass is 32.2. The highest BCUT2D eigenvalue weighted by molar-refractivity contribution is 8.00. The summed E-state index contributed by atoms with van der Waals surface area (Å²) in [5.74, 6) is 0.257. The first kappa shape index (κ1) is 18.5. The van der Waals surface area contributed by atoms with Gasteiger partial charge in [0.2, 0.25) is 5.91 Å². The molecule has 1 aliphatic carbocycles. The van der Waals surface area contributed by atoms with Crippen LogP contribution in [0.15, 0.2) is 35.4 Å². The van der Waals surface area contributed by atoms with Gasteiger partial charge in [0.25, 0.3) is 0 Å². The van der Waals surface area contributed by atoms with Gasteiger partial charge in [0.15, 0.2) is 0 Å². The summed E-state index contributed by atoms with van der Waals surface area (Å²) in [6, 6.07) is 12.6. The standard InChI is InChI=1S/C21H23N3OS/c1-14-15(2)18(11-22)20(24-16(14)3)26-12-19(25)23-13-21(9-10-21)17-7-5-4-6-8-17/h4-8H,9-10,12-13H2,1-3H3,(H,23,25). The van der Waals surface area contributed by atoms with E-state index in [-0.39, 0.29) is 17.1 Å². The molecular weight excluding hydrogens is 342 g/mol. The number of hydrogen-bond acceptors (Lipinski definition) is 4. The number of thioether (sulfide) groups is 1. The van der Waals surface area contributed by atoms with Crippen molar-refractivity contribution in [1.29, 1.82) is 5.26 Å². The average molecular weight is 366 g/mol. The van der Waals surface area contributed by atoms with E-state index in [4.69, 9.17) is 0 Å². The Morgan fingerprint density at radius 2 is 1.92 bits per heavy atom. The van der Waals surface area contributed by atoms with Gasteiger partial charge >= 0.3 is 0 Å². The number of carbonyl (C=O) groups is 1. The van der Waals surface area contributed by atoms with Gasteiger partial charge < -0.3 is 5.32 Å². The molecule has 1 saturated carbocycles. The fourth-order valence-electron chi connectivity index (χ4n) is 3.11. The van der Waals surface area contributed by atoms with Crippen LogP contribution in [0.1, 0.15) is 40.8 Å². The Labute approximate surface area is 159 Å². The molecule has 134 valence electrons. The summed E-state index contributed by atoms with van der Waals surface area (Å²) in [6.45, 7) is 6.51. The van der Waals surface area contributed by atoms with E-state index < -0.39 is 0 Å². The number of nitriles is 1. The third kappa shape index (κ3) is 3.76. The lowest BCUT2D eigenvalue weighted by molar-refractivity contribution is -0.118. The molecule has 0 saturated heterocycles. The molecule has 4 nitrogen and oxygen atoms in total. The van der Waals surface area contributed by atoms with Crippen LogP contribution >= 0.6 is 11.8 Å². The number of carbonyl (C=O) groups excluding carboxylic acids is 1. The third-order valence-electron chi connectivity index (χ3n) is 5.28. The van der Waals surface area contributed by atoms with Gasteiger partial charge in [-0.1, -0.05) is 42.1 Å². The normalized spacial score (nSPS) is 14.5. The molecule has 1 fully saturated rings. The van der Waals surface area contributed by atoms with Crippen molar-refractivity contribution in [3.05, 3.63) is 58.3 Å². The number of rotatable bonds is 6. The second kappa shape index (κ2) is 7.51. The molecule has 0 radical (unpaired) electrons. The molecule has 1 aromatic heterocycles. The summed E-state index contributed by atoms with van der Waals surface area (Å²) in [5, 5.41) is 13.1. The summed E-state index contributed by atoms with van der Waals surface area (Å²) in [4.78, 5) is 16.8. The van der Waals surface area contributed by atoms with E-state index in [1.165, 1.54) is 17.3 Å². The van der Waals surface area contributed by atoms with Crippen molar-refractivity contribution in [2.45, 2.75) is 44.1 Å². The van der Waals surface area contributed by atoms with Crippen LogP contribution in [0.5, 0.6) is 0 Å². The molecule has 0 spiro atoms. The van der Waals surface area contributed by atoms with Crippen molar-refractivity contribution in [3.8, 4) is 6.07 Å². The molecule has 5 heteroatoms. The molecule has 1 amide bonds. The van der Waals surface area contributed by atoms with Crippen LogP contribution in [-0.4, -0.2) is 23.2 Å². The molecular formula is C21H23N3OS. The van der Waals surface area contributed by atoms with Crippen LogP contribution in [0.2, 0.25) is 0 Å². The van der Waals surface area contributed by atoms with E-state index in [9.17, 15) is 10.1 Å². The molecule has 3 rings (SSSR count). The molecule has 1 heterocycles. The fraction of sp³-hybridized carbons (Fsp3) is 0.381. The second-order valence-corrected chi connectivity index (χ2v) is 7.91. The Hall–Kier alpha value is -2.32. The molecule has 26 heavy (non-hydrogen) atoms. The maximum Gasteiger partial charge on any atom is 0.230 e. The topological polar surface area (TPSA) is 65.8 Å². The predicted molar refractivity (Wildman–Crippen MR) is 104 cm³/mol. The zero-order valence-electron chi connectivity index (χ0n) is 15.4. The largest absolute Gasteiger partial charge is 0.354 e. The Kier molecular flexibility index (Phi) is 5.33. The van der Waals surface area contributed by atoms with Gasteiger partial charge in [-0.05, 0) is 50.3 Å². The Morgan fingerprint density at radius 1 is 1.23 bits per heavy atom. The summed E-state index contributed by atoms with van der Waals surface area (Å²) in [6.07, 6.45) is 2.22. The van der Waals surface area contributed by atoms with Crippen molar-refractivity contribution in [2.24, 2.45) is 0 Å². The minimum absolute atomic E-state index is 0.0150. The van der Waals surface area contributed by atoms with Crippen LogP contribution < -0.4 is 5.32 Å². The van der Waals surface area contributed by atoms with Crippen LogP contribution in [0, 0.1) is 32.1 Å². The van der Waals surface area contributed by atoms with Gasteiger partial charge in [-0.15, -0.1) is 0 Å². The number of pyridine rings is 1. The van der Waals surface area contributed by atoms with E-state index >= 15 is 0 Å². The zero-order valence-corrected chi connectivity index (χ0v) is 16.2. The van der Waals surface area contributed by atoms with E-state index in [1.807, 2.05) is 39.0 Å². The number of aromatic nitrogens is 1. The molecule has 1 aromatic carbocycles. The van der Waals surface area contributed by atoms with Crippen molar-refractivity contribution < 1.29 is 4.79 Å². The number of hydrogen-bond donors (Lipinski definition) is 1. The van der Waals surface area contributed by atoms with E-state index in [0.29, 0.717) is 17.1 Å². The van der Waals surface area contributed by atoms with Gasteiger partial charge in [0, 0.05) is 17.7 Å². The number of benzene rings is 1. The van der Waals surface area contributed by atoms with E-state index in [0.717, 1.165) is 29.7 Å². The quantitative estimate of drug-likeness (QED) is 0.791. The lowest BCUT2D eigenvalue weighted by Crippen LogP contribution is -2.33. The monoisotopic (exact) mass is 365 g/mol. The molecule has 0 bridgehead atoms. The van der Waals surface area contributed by atoms with Crippen molar-refractivity contribution >= 4 is 17.7 Å². The SMILES string of the molecule is Cc1nc(SCC(=O)NCC2(c3ccccc3)CC2)c(C#N)c(C)c1C. The molecule has 0 unspecified atom stereocenters. The van der Waals surface area contributed by atoms with Crippen LogP contribution in [0.3, 0.4) is 0 Å². The number of nitrogens with zero attached hydrogens (tertiary/aromatic N) is 2. The lowest BCUT2D eigenvalue weighted by atomic mass is 9.96. The number of aryl methyl sites for hydroxylation is 1. The molecule has 0 atom stereocenters. The lowest BCUT2D eigenvalue weighted by Gasteiger charge is -2.16. The van der Waals surface area contributed by atoms with Crippen LogP contribution in [-0.2, 0) is 10.2 Å². The minimum Gasteiger partial charge on any atom is -0.354 e. The van der Waals surface area contributed by atoms with Gasteiger partial charge in [-0.3, -0.25) is 4.79 Å². The van der Waals surface area contributed by atoms with Gasteiger partial charge in [0.1, 0.15) is 11.1 Å². The van der Waals surface area contributed by atoms with Gasteiger partial charge in [-0.2, -0.15) is 5.26 Å². The fourth-order valence-corrected chi connectivity index (χ4v) is 4.02. The van der Waals surface area contributed by atoms with Crippen molar-refractivity contribution in [1.82, 2.24) is 10.3 Å². The first-order valence-electron chi connectivity index (χ1n) is 8.80. The maximum absolute atomic E-state index is 12.3. The highest BCUT2D eigenvalue weighted by Gasteiger charge is 2.44. The second-order valence-electron chi connectivity index (χ2n) is 6.95.